The molecule has 0 saturated heterocycles. The molecule has 0 radical (unpaired) electrons. The van der Waals surface area contributed by atoms with Gasteiger partial charge in [0.25, 0.3) is 11.8 Å². The Hall–Kier alpha value is -1.42. The van der Waals surface area contributed by atoms with Gasteiger partial charge in [0.2, 0.25) is 0 Å². The molecule has 72 valence electrons. The summed E-state index contributed by atoms with van der Waals surface area (Å²) in [6.07, 6.45) is 3.38. The summed E-state index contributed by atoms with van der Waals surface area (Å²) in [6, 6.07) is 3.97. The molecule has 2 heterocycles. The third-order valence-electron chi connectivity index (χ3n) is 2.06. The number of imide groups is 1. The van der Waals surface area contributed by atoms with Gasteiger partial charge in [-0.05, 0) is 17.9 Å². The average Bonchev–Trinajstić information content (AvgIpc) is 2.76. The van der Waals surface area contributed by atoms with Crippen LogP contribution in [0.4, 0.5) is 0 Å². The Balaban J connectivity index is 1.93. The molecule has 0 spiro atoms. The molecule has 0 bridgehead atoms. The first-order valence-corrected chi connectivity index (χ1v) is 5.21. The van der Waals surface area contributed by atoms with Gasteiger partial charge in [-0.1, -0.05) is 6.07 Å². The second-order valence-electron chi connectivity index (χ2n) is 2.99. The number of carbonyl (C=O) groups excluding carboxylic acids is 2. The molecule has 3 nitrogen and oxygen atoms in total. The molecule has 0 aliphatic carbocycles. The monoisotopic (exact) mass is 207 g/mol. The molecule has 0 fully saturated rings. The first kappa shape index (κ1) is 9.15. The Labute approximate surface area is 85.6 Å². The highest BCUT2D eigenvalue weighted by Crippen LogP contribution is 2.11. The molecular weight excluding hydrogens is 198 g/mol. The van der Waals surface area contributed by atoms with Gasteiger partial charge in [-0.25, -0.2) is 0 Å². The number of rotatable bonds is 3. The van der Waals surface area contributed by atoms with Gasteiger partial charge in [0.05, 0.1) is 0 Å². The van der Waals surface area contributed by atoms with Crippen LogP contribution in [-0.2, 0) is 16.0 Å². The largest absolute Gasteiger partial charge is 0.275 e. The predicted molar refractivity (Wildman–Crippen MR) is 53.9 cm³/mol. The normalized spacial score (nSPS) is 15.6. The van der Waals surface area contributed by atoms with Crippen molar-refractivity contribution in [3.05, 3.63) is 34.5 Å². The second kappa shape index (κ2) is 3.75. The minimum absolute atomic E-state index is 0.202. The van der Waals surface area contributed by atoms with Crippen LogP contribution in [0.15, 0.2) is 29.7 Å². The van der Waals surface area contributed by atoms with E-state index in [9.17, 15) is 9.59 Å². The van der Waals surface area contributed by atoms with E-state index in [1.165, 1.54) is 21.9 Å². The fraction of sp³-hybridized carbons (Fsp3) is 0.200. The summed E-state index contributed by atoms with van der Waals surface area (Å²) < 4.78 is 0. The van der Waals surface area contributed by atoms with Crippen LogP contribution in [0.1, 0.15) is 4.88 Å². The first-order valence-electron chi connectivity index (χ1n) is 4.33. The third-order valence-corrected chi connectivity index (χ3v) is 3.00. The maximum absolute atomic E-state index is 11.2. The SMILES string of the molecule is O=C1C=CC(=O)N1CCc1cccs1. The standard InChI is InChI=1S/C10H9NO2S/c12-9-3-4-10(13)11(9)6-5-8-2-1-7-14-8/h1-4,7H,5-6H2. The van der Waals surface area contributed by atoms with E-state index in [1.54, 1.807) is 11.3 Å². The number of thiophene rings is 1. The van der Waals surface area contributed by atoms with Crippen molar-refractivity contribution < 1.29 is 9.59 Å². The van der Waals surface area contributed by atoms with Crippen molar-refractivity contribution in [2.75, 3.05) is 6.54 Å². The lowest BCUT2D eigenvalue weighted by Crippen LogP contribution is -2.31. The molecule has 0 atom stereocenters. The zero-order valence-corrected chi connectivity index (χ0v) is 8.29. The average molecular weight is 207 g/mol. The lowest BCUT2D eigenvalue weighted by molar-refractivity contribution is -0.136. The maximum Gasteiger partial charge on any atom is 0.253 e. The summed E-state index contributed by atoms with van der Waals surface area (Å²) in [7, 11) is 0. The predicted octanol–water partition coefficient (Wildman–Crippen LogP) is 1.22. The van der Waals surface area contributed by atoms with Gasteiger partial charge >= 0.3 is 0 Å². The smallest absolute Gasteiger partial charge is 0.253 e. The number of carbonyl (C=O) groups is 2. The zero-order chi connectivity index (χ0) is 9.97. The highest BCUT2D eigenvalue weighted by atomic mass is 32.1. The van der Waals surface area contributed by atoms with E-state index in [-0.39, 0.29) is 11.8 Å². The van der Waals surface area contributed by atoms with E-state index >= 15 is 0 Å². The molecule has 1 aliphatic heterocycles. The van der Waals surface area contributed by atoms with Crippen molar-refractivity contribution in [3.8, 4) is 0 Å². The van der Waals surface area contributed by atoms with Crippen molar-refractivity contribution in [2.45, 2.75) is 6.42 Å². The van der Waals surface area contributed by atoms with Crippen LogP contribution in [-0.4, -0.2) is 23.3 Å². The minimum atomic E-state index is -0.202. The summed E-state index contributed by atoms with van der Waals surface area (Å²) in [5.41, 5.74) is 0. The van der Waals surface area contributed by atoms with Crippen molar-refractivity contribution in [2.24, 2.45) is 0 Å². The third kappa shape index (κ3) is 1.75. The molecule has 2 amide bonds. The lowest BCUT2D eigenvalue weighted by Gasteiger charge is -2.12. The zero-order valence-electron chi connectivity index (χ0n) is 7.47. The number of nitrogens with zero attached hydrogens (tertiary/aromatic N) is 1. The fourth-order valence-corrected chi connectivity index (χ4v) is 2.03. The molecule has 1 aliphatic rings. The van der Waals surface area contributed by atoms with Crippen LogP contribution in [0.3, 0.4) is 0 Å². The van der Waals surface area contributed by atoms with Gasteiger partial charge in [0.1, 0.15) is 0 Å². The Morgan fingerprint density at radius 1 is 1.21 bits per heavy atom. The molecule has 0 unspecified atom stereocenters. The van der Waals surface area contributed by atoms with Crippen LogP contribution in [0.2, 0.25) is 0 Å². The number of hydrogen-bond donors (Lipinski definition) is 0. The minimum Gasteiger partial charge on any atom is -0.275 e. The first-order chi connectivity index (χ1) is 6.77. The topological polar surface area (TPSA) is 37.4 Å². The van der Waals surface area contributed by atoms with Crippen LogP contribution >= 0.6 is 11.3 Å². The maximum atomic E-state index is 11.2. The molecule has 4 heteroatoms. The van der Waals surface area contributed by atoms with Gasteiger partial charge < -0.3 is 0 Å². The molecular formula is C10H9NO2S. The van der Waals surface area contributed by atoms with Gasteiger partial charge in [0, 0.05) is 23.6 Å². The van der Waals surface area contributed by atoms with Crippen molar-refractivity contribution in [3.63, 3.8) is 0 Å². The highest BCUT2D eigenvalue weighted by Gasteiger charge is 2.22. The Morgan fingerprint density at radius 2 is 1.93 bits per heavy atom. The van der Waals surface area contributed by atoms with E-state index in [0.717, 1.165) is 6.42 Å². The van der Waals surface area contributed by atoms with Gasteiger partial charge in [-0.3, -0.25) is 14.5 Å². The molecule has 1 aromatic heterocycles. The van der Waals surface area contributed by atoms with E-state index in [0.29, 0.717) is 6.54 Å². The van der Waals surface area contributed by atoms with Crippen molar-refractivity contribution in [1.82, 2.24) is 4.90 Å². The van der Waals surface area contributed by atoms with Crippen LogP contribution in [0.25, 0.3) is 0 Å². The number of amides is 2. The van der Waals surface area contributed by atoms with Crippen LogP contribution in [0.5, 0.6) is 0 Å². The molecule has 1 aromatic rings. The van der Waals surface area contributed by atoms with E-state index in [1.807, 2.05) is 17.5 Å². The second-order valence-corrected chi connectivity index (χ2v) is 4.02. The van der Waals surface area contributed by atoms with Crippen molar-refractivity contribution in [1.29, 1.82) is 0 Å². The van der Waals surface area contributed by atoms with Crippen LogP contribution in [0, 0.1) is 0 Å². The molecule has 14 heavy (non-hydrogen) atoms. The Kier molecular flexibility index (Phi) is 2.45. The summed E-state index contributed by atoms with van der Waals surface area (Å²) in [6.45, 7) is 0.477. The fourth-order valence-electron chi connectivity index (χ4n) is 1.33. The summed E-state index contributed by atoms with van der Waals surface area (Å²) in [5, 5.41) is 1.99. The Morgan fingerprint density at radius 3 is 2.50 bits per heavy atom. The highest BCUT2D eigenvalue weighted by molar-refractivity contribution is 7.09. The summed E-state index contributed by atoms with van der Waals surface area (Å²) in [4.78, 5) is 24.8. The molecule has 0 N–H and O–H groups in total. The van der Waals surface area contributed by atoms with E-state index < -0.39 is 0 Å². The van der Waals surface area contributed by atoms with Gasteiger partial charge in [0.15, 0.2) is 0 Å². The van der Waals surface area contributed by atoms with Crippen LogP contribution < -0.4 is 0 Å². The van der Waals surface area contributed by atoms with Gasteiger partial charge in [-0.2, -0.15) is 0 Å². The van der Waals surface area contributed by atoms with Crippen molar-refractivity contribution >= 4 is 23.2 Å². The molecule has 0 aromatic carbocycles. The Bertz CT molecular complexity index is 363. The summed E-state index contributed by atoms with van der Waals surface area (Å²) in [5.74, 6) is -0.405. The van der Waals surface area contributed by atoms with E-state index in [2.05, 4.69) is 0 Å². The quantitative estimate of drug-likeness (QED) is 0.699. The molecule has 0 saturated carbocycles. The molecule has 2 rings (SSSR count). The lowest BCUT2D eigenvalue weighted by atomic mass is 10.3. The number of hydrogen-bond acceptors (Lipinski definition) is 3. The van der Waals surface area contributed by atoms with E-state index in [4.69, 9.17) is 0 Å². The van der Waals surface area contributed by atoms with Gasteiger partial charge in [-0.15, -0.1) is 11.3 Å². The summed E-state index contributed by atoms with van der Waals surface area (Å²) >= 11 is 1.64.